The molecule has 0 bridgehead atoms. The molecule has 0 spiro atoms. The summed E-state index contributed by atoms with van der Waals surface area (Å²) in [7, 11) is 0. The number of likely N-dealkylation sites (N-methyl/N-ethyl adjacent to an activating group) is 1. The SMILES string of the molecule is CCN(C(=O)[C@@H](C)OC(=O)CNC(=O)c1cccc(C)c1)c1ccccc1. The standard InChI is InChI=1S/C21H24N2O4/c1-4-23(18-11-6-5-7-12-18)21(26)16(3)27-19(24)14-22-20(25)17-10-8-9-15(2)13-17/h5-13,16H,4,14H2,1-3H3,(H,22,25)/t16-/m1/s1. The van der Waals surface area contributed by atoms with Gasteiger partial charge in [-0.05, 0) is 45.0 Å². The molecule has 0 saturated heterocycles. The number of aryl methyl sites for hydroxylation is 1. The van der Waals surface area contributed by atoms with E-state index in [1.54, 1.807) is 23.1 Å². The molecule has 2 rings (SSSR count). The minimum atomic E-state index is -0.950. The first kappa shape index (κ1) is 20.2. The van der Waals surface area contributed by atoms with E-state index in [1.165, 1.54) is 6.92 Å². The Hall–Kier alpha value is -3.15. The average molecular weight is 368 g/mol. The van der Waals surface area contributed by atoms with E-state index in [0.29, 0.717) is 12.1 Å². The van der Waals surface area contributed by atoms with Crippen molar-refractivity contribution in [3.8, 4) is 0 Å². The number of para-hydroxylation sites is 1. The van der Waals surface area contributed by atoms with Gasteiger partial charge in [0.2, 0.25) is 0 Å². The van der Waals surface area contributed by atoms with Crippen LogP contribution in [0.3, 0.4) is 0 Å². The number of anilines is 1. The van der Waals surface area contributed by atoms with Gasteiger partial charge in [-0.15, -0.1) is 0 Å². The summed E-state index contributed by atoms with van der Waals surface area (Å²) >= 11 is 0. The third-order valence-corrected chi connectivity index (χ3v) is 3.98. The Morgan fingerprint density at radius 3 is 2.41 bits per heavy atom. The van der Waals surface area contributed by atoms with Gasteiger partial charge in [0.1, 0.15) is 6.54 Å². The lowest BCUT2D eigenvalue weighted by Crippen LogP contribution is -2.41. The van der Waals surface area contributed by atoms with E-state index in [9.17, 15) is 14.4 Å². The van der Waals surface area contributed by atoms with E-state index < -0.39 is 12.1 Å². The smallest absolute Gasteiger partial charge is 0.326 e. The van der Waals surface area contributed by atoms with Crippen LogP contribution in [0.15, 0.2) is 54.6 Å². The highest BCUT2D eigenvalue weighted by Crippen LogP contribution is 2.15. The fourth-order valence-corrected chi connectivity index (χ4v) is 2.62. The van der Waals surface area contributed by atoms with Crippen molar-refractivity contribution in [2.45, 2.75) is 26.9 Å². The molecule has 2 aromatic rings. The molecular weight excluding hydrogens is 344 g/mol. The number of hydrogen-bond donors (Lipinski definition) is 1. The highest BCUT2D eigenvalue weighted by molar-refractivity contribution is 5.98. The molecule has 6 heteroatoms. The van der Waals surface area contributed by atoms with Gasteiger partial charge >= 0.3 is 5.97 Å². The summed E-state index contributed by atoms with van der Waals surface area (Å²) in [6, 6.07) is 16.2. The first-order valence-corrected chi connectivity index (χ1v) is 8.83. The second kappa shape index (κ2) is 9.52. The molecule has 1 atom stereocenters. The highest BCUT2D eigenvalue weighted by atomic mass is 16.5. The van der Waals surface area contributed by atoms with Crippen LogP contribution in [-0.2, 0) is 14.3 Å². The molecule has 0 saturated carbocycles. The third kappa shape index (κ3) is 5.67. The van der Waals surface area contributed by atoms with Crippen molar-refractivity contribution < 1.29 is 19.1 Å². The number of carbonyl (C=O) groups excluding carboxylic acids is 3. The van der Waals surface area contributed by atoms with Gasteiger partial charge in [0.15, 0.2) is 6.10 Å². The fraction of sp³-hybridized carbons (Fsp3) is 0.286. The summed E-state index contributed by atoms with van der Waals surface area (Å²) in [5.41, 5.74) is 2.15. The Morgan fingerprint density at radius 2 is 1.78 bits per heavy atom. The molecule has 0 heterocycles. The number of nitrogens with zero attached hydrogens (tertiary/aromatic N) is 1. The molecule has 1 N–H and O–H groups in total. The van der Waals surface area contributed by atoms with Crippen molar-refractivity contribution in [3.63, 3.8) is 0 Å². The maximum absolute atomic E-state index is 12.6. The van der Waals surface area contributed by atoms with Crippen LogP contribution < -0.4 is 10.2 Å². The lowest BCUT2D eigenvalue weighted by molar-refractivity contribution is -0.152. The molecule has 0 aliphatic heterocycles. The van der Waals surface area contributed by atoms with E-state index in [2.05, 4.69) is 5.32 Å². The van der Waals surface area contributed by atoms with E-state index in [0.717, 1.165) is 11.3 Å². The first-order valence-electron chi connectivity index (χ1n) is 8.83. The second-order valence-electron chi connectivity index (χ2n) is 6.10. The summed E-state index contributed by atoms with van der Waals surface area (Å²) in [4.78, 5) is 38.2. The van der Waals surface area contributed by atoms with Crippen molar-refractivity contribution in [2.24, 2.45) is 0 Å². The molecule has 0 aliphatic carbocycles. The highest BCUT2D eigenvalue weighted by Gasteiger charge is 2.24. The average Bonchev–Trinajstić information content (AvgIpc) is 2.67. The molecule has 6 nitrogen and oxygen atoms in total. The molecule has 0 unspecified atom stereocenters. The fourth-order valence-electron chi connectivity index (χ4n) is 2.62. The van der Waals surface area contributed by atoms with Gasteiger partial charge in [-0.2, -0.15) is 0 Å². The molecule has 0 aliphatic rings. The quantitative estimate of drug-likeness (QED) is 0.763. The Kier molecular flexibility index (Phi) is 7.11. The minimum absolute atomic E-state index is 0.304. The lowest BCUT2D eigenvalue weighted by atomic mass is 10.1. The van der Waals surface area contributed by atoms with Crippen LogP contribution in [0, 0.1) is 6.92 Å². The molecule has 0 aromatic heterocycles. The zero-order valence-corrected chi connectivity index (χ0v) is 15.8. The molecule has 142 valence electrons. The van der Waals surface area contributed by atoms with E-state index in [-0.39, 0.29) is 18.4 Å². The monoisotopic (exact) mass is 368 g/mol. The van der Waals surface area contributed by atoms with Crippen molar-refractivity contribution >= 4 is 23.5 Å². The van der Waals surface area contributed by atoms with Crippen LogP contribution in [0.5, 0.6) is 0 Å². The van der Waals surface area contributed by atoms with Gasteiger partial charge in [0, 0.05) is 17.8 Å². The summed E-state index contributed by atoms with van der Waals surface area (Å²) in [5.74, 6) is -1.35. The Labute approximate surface area is 159 Å². The summed E-state index contributed by atoms with van der Waals surface area (Å²) in [5, 5.41) is 2.51. The van der Waals surface area contributed by atoms with Crippen LogP contribution in [0.4, 0.5) is 5.69 Å². The van der Waals surface area contributed by atoms with Crippen molar-refractivity contribution in [3.05, 3.63) is 65.7 Å². The Morgan fingerprint density at radius 1 is 1.07 bits per heavy atom. The number of esters is 1. The molecule has 27 heavy (non-hydrogen) atoms. The second-order valence-corrected chi connectivity index (χ2v) is 6.10. The van der Waals surface area contributed by atoms with Crippen LogP contribution in [0.1, 0.15) is 29.8 Å². The molecule has 0 fully saturated rings. The van der Waals surface area contributed by atoms with Crippen molar-refractivity contribution in [1.82, 2.24) is 5.32 Å². The maximum Gasteiger partial charge on any atom is 0.326 e. The van der Waals surface area contributed by atoms with E-state index in [4.69, 9.17) is 4.74 Å². The number of nitrogens with one attached hydrogen (secondary N) is 1. The molecule has 2 aromatic carbocycles. The van der Waals surface area contributed by atoms with Gasteiger partial charge in [-0.1, -0.05) is 35.9 Å². The molecular formula is C21H24N2O4. The predicted molar refractivity (Wildman–Crippen MR) is 104 cm³/mol. The van der Waals surface area contributed by atoms with Crippen LogP contribution in [0.25, 0.3) is 0 Å². The van der Waals surface area contributed by atoms with Gasteiger partial charge in [0.25, 0.3) is 11.8 Å². The minimum Gasteiger partial charge on any atom is -0.451 e. The third-order valence-electron chi connectivity index (χ3n) is 3.98. The van der Waals surface area contributed by atoms with Crippen LogP contribution >= 0.6 is 0 Å². The van der Waals surface area contributed by atoms with Crippen molar-refractivity contribution in [1.29, 1.82) is 0 Å². The summed E-state index contributed by atoms with van der Waals surface area (Å²) in [6.07, 6.45) is -0.950. The van der Waals surface area contributed by atoms with Gasteiger partial charge in [-0.3, -0.25) is 14.4 Å². The van der Waals surface area contributed by atoms with Crippen molar-refractivity contribution in [2.75, 3.05) is 18.0 Å². The number of rotatable bonds is 7. The largest absolute Gasteiger partial charge is 0.451 e. The number of carbonyl (C=O) groups is 3. The van der Waals surface area contributed by atoms with E-state index in [1.807, 2.05) is 50.2 Å². The topological polar surface area (TPSA) is 75.7 Å². The maximum atomic E-state index is 12.6. The summed E-state index contributed by atoms with van der Waals surface area (Å²) in [6.45, 7) is 5.40. The molecule has 0 radical (unpaired) electrons. The lowest BCUT2D eigenvalue weighted by Gasteiger charge is -2.24. The Bertz CT molecular complexity index is 805. The number of amides is 2. The Balaban J connectivity index is 1.89. The molecule has 2 amide bonds. The summed E-state index contributed by atoms with van der Waals surface area (Å²) < 4.78 is 5.18. The number of benzene rings is 2. The first-order chi connectivity index (χ1) is 12.9. The van der Waals surface area contributed by atoms with Gasteiger partial charge < -0.3 is 15.0 Å². The number of ether oxygens (including phenoxy) is 1. The van der Waals surface area contributed by atoms with Crippen LogP contribution in [-0.4, -0.2) is 37.0 Å². The van der Waals surface area contributed by atoms with Gasteiger partial charge in [-0.25, -0.2) is 0 Å². The zero-order chi connectivity index (χ0) is 19.8. The predicted octanol–water partition coefficient (Wildman–Crippen LogP) is 2.71. The zero-order valence-electron chi connectivity index (χ0n) is 15.8. The van der Waals surface area contributed by atoms with Crippen LogP contribution in [0.2, 0.25) is 0 Å². The van der Waals surface area contributed by atoms with E-state index >= 15 is 0 Å². The normalized spacial score (nSPS) is 11.4. The van der Waals surface area contributed by atoms with Gasteiger partial charge in [0.05, 0.1) is 0 Å². The number of hydrogen-bond acceptors (Lipinski definition) is 4.